The van der Waals surface area contributed by atoms with Gasteiger partial charge >= 0.3 is 0 Å². The SMILES string of the molecule is Cc1cc(Sc2ccc(I)cc2)ccc1C#N. The number of hydrogen-bond acceptors (Lipinski definition) is 2. The van der Waals surface area contributed by atoms with Gasteiger partial charge in [0.25, 0.3) is 0 Å². The topological polar surface area (TPSA) is 23.8 Å². The average molecular weight is 351 g/mol. The Labute approximate surface area is 119 Å². The van der Waals surface area contributed by atoms with Gasteiger partial charge in [-0.15, -0.1) is 0 Å². The van der Waals surface area contributed by atoms with Gasteiger partial charge in [-0.1, -0.05) is 11.8 Å². The highest BCUT2D eigenvalue weighted by atomic mass is 127. The smallest absolute Gasteiger partial charge is 0.0994 e. The first kappa shape index (κ1) is 12.5. The van der Waals surface area contributed by atoms with Crippen molar-refractivity contribution in [3.05, 3.63) is 57.2 Å². The lowest BCUT2D eigenvalue weighted by Crippen LogP contribution is -1.82. The third-order valence-corrected chi connectivity index (χ3v) is 4.08. The predicted molar refractivity (Wildman–Crippen MR) is 79.2 cm³/mol. The van der Waals surface area contributed by atoms with Gasteiger partial charge in [0.2, 0.25) is 0 Å². The van der Waals surface area contributed by atoms with E-state index in [9.17, 15) is 0 Å². The summed E-state index contributed by atoms with van der Waals surface area (Å²) in [7, 11) is 0. The van der Waals surface area contributed by atoms with Crippen LogP contribution in [-0.2, 0) is 0 Å². The number of benzene rings is 2. The van der Waals surface area contributed by atoms with Crippen LogP contribution in [0.1, 0.15) is 11.1 Å². The van der Waals surface area contributed by atoms with Crippen molar-refractivity contribution >= 4 is 34.4 Å². The standard InChI is InChI=1S/C14H10INS/c1-10-8-14(5-2-11(10)9-16)17-13-6-3-12(15)4-7-13/h2-8H,1H3. The molecule has 1 nitrogen and oxygen atoms in total. The van der Waals surface area contributed by atoms with E-state index in [-0.39, 0.29) is 0 Å². The Bertz CT molecular complexity index is 570. The lowest BCUT2D eigenvalue weighted by Gasteiger charge is -2.04. The first-order chi connectivity index (χ1) is 8.19. The number of nitriles is 1. The van der Waals surface area contributed by atoms with Crippen molar-refractivity contribution in [2.45, 2.75) is 16.7 Å². The van der Waals surface area contributed by atoms with Gasteiger partial charge in [-0.05, 0) is 77.5 Å². The van der Waals surface area contributed by atoms with E-state index in [1.807, 2.05) is 19.1 Å². The summed E-state index contributed by atoms with van der Waals surface area (Å²) < 4.78 is 1.24. The summed E-state index contributed by atoms with van der Waals surface area (Å²) in [5.74, 6) is 0. The highest BCUT2D eigenvalue weighted by Gasteiger charge is 2.01. The lowest BCUT2D eigenvalue weighted by molar-refractivity contribution is 1.31. The highest BCUT2D eigenvalue weighted by molar-refractivity contribution is 14.1. The van der Waals surface area contributed by atoms with Gasteiger partial charge in [-0.2, -0.15) is 5.26 Å². The van der Waals surface area contributed by atoms with Crippen LogP contribution in [0.5, 0.6) is 0 Å². The zero-order valence-corrected chi connectivity index (χ0v) is 12.2. The van der Waals surface area contributed by atoms with E-state index in [0.717, 1.165) is 11.1 Å². The van der Waals surface area contributed by atoms with Gasteiger partial charge in [-0.25, -0.2) is 0 Å². The monoisotopic (exact) mass is 351 g/mol. The van der Waals surface area contributed by atoms with Crippen LogP contribution in [0.2, 0.25) is 0 Å². The molecule has 0 amide bonds. The first-order valence-electron chi connectivity index (χ1n) is 5.13. The van der Waals surface area contributed by atoms with E-state index in [2.05, 4.69) is 59.0 Å². The molecular formula is C14H10INS. The minimum Gasteiger partial charge on any atom is -0.192 e. The predicted octanol–water partition coefficient (Wildman–Crippen LogP) is 4.62. The van der Waals surface area contributed by atoms with E-state index in [1.165, 1.54) is 13.4 Å². The number of nitrogens with zero attached hydrogens (tertiary/aromatic N) is 1. The molecule has 0 saturated carbocycles. The third kappa shape index (κ3) is 3.24. The number of aryl methyl sites for hydroxylation is 1. The maximum absolute atomic E-state index is 8.87. The van der Waals surface area contributed by atoms with Crippen molar-refractivity contribution < 1.29 is 0 Å². The van der Waals surface area contributed by atoms with Crippen LogP contribution in [0.25, 0.3) is 0 Å². The zero-order valence-electron chi connectivity index (χ0n) is 9.27. The van der Waals surface area contributed by atoms with Crippen LogP contribution >= 0.6 is 34.4 Å². The van der Waals surface area contributed by atoms with Crippen molar-refractivity contribution in [1.82, 2.24) is 0 Å². The Kier molecular flexibility index (Phi) is 4.08. The Morgan fingerprint density at radius 2 is 1.71 bits per heavy atom. The molecule has 0 atom stereocenters. The molecule has 0 aliphatic carbocycles. The molecule has 0 bridgehead atoms. The van der Waals surface area contributed by atoms with Gasteiger partial charge in [0.15, 0.2) is 0 Å². The molecule has 0 aliphatic heterocycles. The fraction of sp³-hybridized carbons (Fsp3) is 0.0714. The molecule has 0 aromatic heterocycles. The second kappa shape index (κ2) is 5.56. The lowest BCUT2D eigenvalue weighted by atomic mass is 10.1. The van der Waals surface area contributed by atoms with Crippen LogP contribution < -0.4 is 0 Å². The first-order valence-corrected chi connectivity index (χ1v) is 7.03. The molecule has 2 aromatic carbocycles. The second-order valence-electron chi connectivity index (χ2n) is 3.64. The Balaban J connectivity index is 2.22. The van der Waals surface area contributed by atoms with Crippen molar-refractivity contribution in [3.8, 4) is 6.07 Å². The molecule has 3 heteroatoms. The fourth-order valence-corrected chi connectivity index (χ4v) is 2.74. The summed E-state index contributed by atoms with van der Waals surface area (Å²) in [6.07, 6.45) is 0. The van der Waals surface area contributed by atoms with Gasteiger partial charge in [0, 0.05) is 13.4 Å². The van der Waals surface area contributed by atoms with Crippen molar-refractivity contribution in [2.24, 2.45) is 0 Å². The van der Waals surface area contributed by atoms with Crippen LogP contribution in [0, 0.1) is 21.8 Å². The summed E-state index contributed by atoms with van der Waals surface area (Å²) in [6.45, 7) is 1.97. The summed E-state index contributed by atoms with van der Waals surface area (Å²) in [4.78, 5) is 2.39. The summed E-state index contributed by atoms with van der Waals surface area (Å²) >= 11 is 4.01. The minimum atomic E-state index is 0.747. The second-order valence-corrected chi connectivity index (χ2v) is 6.04. The molecule has 0 N–H and O–H groups in total. The molecule has 0 unspecified atom stereocenters. The van der Waals surface area contributed by atoms with E-state index in [4.69, 9.17) is 5.26 Å². The van der Waals surface area contributed by atoms with Gasteiger partial charge < -0.3 is 0 Å². The van der Waals surface area contributed by atoms with Crippen LogP contribution in [0.3, 0.4) is 0 Å². The number of halogens is 1. The maximum Gasteiger partial charge on any atom is 0.0994 e. The molecular weight excluding hydrogens is 341 g/mol. The molecule has 0 spiro atoms. The minimum absolute atomic E-state index is 0.747. The Hall–Kier alpha value is -0.990. The van der Waals surface area contributed by atoms with Gasteiger partial charge in [-0.3, -0.25) is 0 Å². The van der Waals surface area contributed by atoms with Crippen molar-refractivity contribution in [3.63, 3.8) is 0 Å². The molecule has 0 aliphatic rings. The molecule has 2 aromatic rings. The summed E-state index contributed by atoms with van der Waals surface area (Å²) in [6, 6.07) is 16.5. The molecule has 0 saturated heterocycles. The number of hydrogen-bond donors (Lipinski definition) is 0. The zero-order chi connectivity index (χ0) is 12.3. The van der Waals surface area contributed by atoms with Crippen LogP contribution in [0.4, 0.5) is 0 Å². The highest BCUT2D eigenvalue weighted by Crippen LogP contribution is 2.29. The van der Waals surface area contributed by atoms with Crippen molar-refractivity contribution in [2.75, 3.05) is 0 Å². The summed E-state index contributed by atoms with van der Waals surface area (Å²) in [5.41, 5.74) is 1.78. The third-order valence-electron chi connectivity index (χ3n) is 2.37. The van der Waals surface area contributed by atoms with Gasteiger partial charge in [0.05, 0.1) is 11.6 Å². The van der Waals surface area contributed by atoms with Gasteiger partial charge in [0.1, 0.15) is 0 Å². The Morgan fingerprint density at radius 3 is 2.29 bits per heavy atom. The average Bonchev–Trinajstić information content (AvgIpc) is 2.32. The molecule has 0 radical (unpaired) electrons. The number of rotatable bonds is 2. The van der Waals surface area contributed by atoms with E-state index >= 15 is 0 Å². The van der Waals surface area contributed by atoms with Crippen molar-refractivity contribution in [1.29, 1.82) is 5.26 Å². The Morgan fingerprint density at radius 1 is 1.06 bits per heavy atom. The molecule has 17 heavy (non-hydrogen) atoms. The molecule has 0 heterocycles. The maximum atomic E-state index is 8.87. The summed E-state index contributed by atoms with van der Waals surface area (Å²) in [5, 5.41) is 8.87. The van der Waals surface area contributed by atoms with Crippen LogP contribution in [-0.4, -0.2) is 0 Å². The quantitative estimate of drug-likeness (QED) is 0.737. The van der Waals surface area contributed by atoms with Crippen LogP contribution in [0.15, 0.2) is 52.3 Å². The fourth-order valence-electron chi connectivity index (χ4n) is 1.46. The molecule has 2 rings (SSSR count). The van der Waals surface area contributed by atoms with E-state index in [0.29, 0.717) is 0 Å². The molecule has 84 valence electrons. The van der Waals surface area contributed by atoms with E-state index < -0.39 is 0 Å². The molecule has 0 fully saturated rings. The largest absolute Gasteiger partial charge is 0.192 e. The van der Waals surface area contributed by atoms with E-state index in [1.54, 1.807) is 11.8 Å². The normalized spacial score (nSPS) is 9.94.